The second kappa shape index (κ2) is 6.83. The molecule has 8 heteroatoms. The number of hydrogen-bond acceptors (Lipinski definition) is 5. The van der Waals surface area contributed by atoms with E-state index in [1.54, 1.807) is 12.1 Å². The minimum absolute atomic E-state index is 0.0827. The average Bonchev–Trinajstić information content (AvgIpc) is 2.99. The number of amides is 1. The first-order chi connectivity index (χ1) is 12.0. The first-order valence-corrected chi connectivity index (χ1v) is 7.27. The Kier molecular flexibility index (Phi) is 4.42. The number of nitrogens with two attached hydrogens (primary N) is 1. The van der Waals surface area contributed by atoms with E-state index in [1.165, 1.54) is 42.6 Å². The molecule has 0 aliphatic rings. The predicted octanol–water partition coefficient (Wildman–Crippen LogP) is 2.85. The van der Waals surface area contributed by atoms with Gasteiger partial charge >= 0.3 is 0 Å². The molecule has 25 heavy (non-hydrogen) atoms. The molecule has 0 saturated heterocycles. The average molecular weight is 339 g/mol. The summed E-state index contributed by atoms with van der Waals surface area (Å²) >= 11 is 0. The third kappa shape index (κ3) is 3.81. The monoisotopic (exact) mass is 339 g/mol. The van der Waals surface area contributed by atoms with Crippen molar-refractivity contribution in [3.05, 3.63) is 65.5 Å². The number of anilines is 2. The molecule has 7 nitrogen and oxygen atoms in total. The molecule has 0 unspecified atom stereocenters. The maximum absolute atomic E-state index is 13.0. The van der Waals surface area contributed by atoms with Gasteiger partial charge in [-0.25, -0.2) is 9.38 Å². The van der Waals surface area contributed by atoms with Crippen LogP contribution in [0.5, 0.6) is 5.75 Å². The van der Waals surface area contributed by atoms with Crippen molar-refractivity contribution >= 4 is 29.4 Å². The number of aromatic hydroxyl groups is 1. The Labute approximate surface area is 142 Å². The number of halogens is 1. The summed E-state index contributed by atoms with van der Waals surface area (Å²) in [6.45, 7) is 0. The number of aliphatic imine (C=N–C) groups is 1. The van der Waals surface area contributed by atoms with E-state index in [4.69, 9.17) is 5.73 Å². The fourth-order valence-corrected chi connectivity index (χ4v) is 2.12. The highest BCUT2D eigenvalue weighted by molar-refractivity contribution is 6.03. The molecule has 0 bridgehead atoms. The van der Waals surface area contributed by atoms with Gasteiger partial charge in [-0.3, -0.25) is 9.89 Å². The number of carbonyl (C=O) groups excluding carboxylic acids is 1. The largest absolute Gasteiger partial charge is 0.508 e. The zero-order valence-electron chi connectivity index (χ0n) is 12.9. The number of aromatic amines is 1. The van der Waals surface area contributed by atoms with Gasteiger partial charge in [-0.2, -0.15) is 5.10 Å². The number of phenols is 1. The number of primary amides is 1. The predicted molar refractivity (Wildman–Crippen MR) is 92.1 cm³/mol. The number of nitrogens with one attached hydrogen (secondary N) is 2. The summed E-state index contributed by atoms with van der Waals surface area (Å²) in [6.07, 6.45) is 1.50. The lowest BCUT2D eigenvalue weighted by Gasteiger charge is -2.04. The van der Waals surface area contributed by atoms with Gasteiger partial charge in [0.05, 0.1) is 0 Å². The van der Waals surface area contributed by atoms with Crippen LogP contribution in [0.15, 0.2) is 53.5 Å². The van der Waals surface area contributed by atoms with E-state index in [0.29, 0.717) is 5.69 Å². The molecule has 0 saturated carbocycles. The maximum Gasteiger partial charge on any atom is 0.256 e. The van der Waals surface area contributed by atoms with Crippen molar-refractivity contribution in [3.8, 4) is 5.75 Å². The summed E-state index contributed by atoms with van der Waals surface area (Å²) in [7, 11) is 0. The van der Waals surface area contributed by atoms with E-state index in [1.807, 2.05) is 0 Å². The number of aromatic nitrogens is 2. The van der Waals surface area contributed by atoms with Crippen molar-refractivity contribution in [1.29, 1.82) is 0 Å². The second-order valence-corrected chi connectivity index (χ2v) is 5.14. The molecule has 3 rings (SSSR count). The second-order valence-electron chi connectivity index (χ2n) is 5.14. The van der Waals surface area contributed by atoms with Crippen LogP contribution in [-0.4, -0.2) is 27.4 Å². The van der Waals surface area contributed by atoms with Crippen molar-refractivity contribution in [2.45, 2.75) is 0 Å². The number of H-pyrrole nitrogens is 1. The molecule has 1 heterocycles. The Morgan fingerprint density at radius 1 is 1.20 bits per heavy atom. The van der Waals surface area contributed by atoms with Gasteiger partial charge in [0, 0.05) is 11.9 Å². The van der Waals surface area contributed by atoms with E-state index in [0.717, 1.165) is 5.56 Å². The summed E-state index contributed by atoms with van der Waals surface area (Å²) in [4.78, 5) is 15.9. The van der Waals surface area contributed by atoms with Crippen molar-refractivity contribution < 1.29 is 14.3 Å². The van der Waals surface area contributed by atoms with E-state index in [9.17, 15) is 14.3 Å². The number of phenolic OH excluding ortho intramolecular Hbond substituents is 1. The number of carbonyl (C=O) groups is 1. The third-order valence-electron chi connectivity index (χ3n) is 3.34. The highest BCUT2D eigenvalue weighted by Gasteiger charge is 2.18. The van der Waals surface area contributed by atoms with E-state index in [2.05, 4.69) is 20.5 Å². The zero-order chi connectivity index (χ0) is 17.8. The number of hydrogen-bond donors (Lipinski definition) is 4. The van der Waals surface area contributed by atoms with Crippen LogP contribution in [-0.2, 0) is 0 Å². The van der Waals surface area contributed by atoms with E-state index in [-0.39, 0.29) is 28.8 Å². The first kappa shape index (κ1) is 16.2. The number of nitrogens with zero attached hydrogens (tertiary/aromatic N) is 2. The molecule has 1 aromatic heterocycles. The van der Waals surface area contributed by atoms with E-state index >= 15 is 0 Å². The molecule has 0 aliphatic heterocycles. The molecule has 2 aromatic carbocycles. The van der Waals surface area contributed by atoms with Crippen molar-refractivity contribution in [2.24, 2.45) is 10.7 Å². The Morgan fingerprint density at radius 2 is 1.88 bits per heavy atom. The van der Waals surface area contributed by atoms with Gasteiger partial charge in [-0.1, -0.05) is 0 Å². The number of rotatable bonds is 5. The van der Waals surface area contributed by atoms with Gasteiger partial charge in [-0.05, 0) is 54.1 Å². The van der Waals surface area contributed by atoms with Gasteiger partial charge in [0.1, 0.15) is 17.1 Å². The molecule has 0 fully saturated rings. The molecule has 1 amide bonds. The fourth-order valence-electron chi connectivity index (χ4n) is 2.12. The highest BCUT2D eigenvalue weighted by Crippen LogP contribution is 2.26. The summed E-state index contributed by atoms with van der Waals surface area (Å²) in [5.41, 5.74) is 6.77. The first-order valence-electron chi connectivity index (χ1n) is 7.27. The summed E-state index contributed by atoms with van der Waals surface area (Å²) < 4.78 is 13.0. The lowest BCUT2D eigenvalue weighted by molar-refractivity contribution is 0.100. The van der Waals surface area contributed by atoms with Crippen molar-refractivity contribution in [2.75, 3.05) is 5.32 Å². The van der Waals surface area contributed by atoms with Gasteiger partial charge < -0.3 is 16.2 Å². The van der Waals surface area contributed by atoms with Crippen LogP contribution in [0.2, 0.25) is 0 Å². The molecule has 5 N–H and O–H groups in total. The SMILES string of the molecule is NC(=O)c1c(Nc2ccc(F)cc2)n[nH]c1N=Cc1ccc(O)cc1. The quantitative estimate of drug-likeness (QED) is 0.535. The van der Waals surface area contributed by atoms with Crippen LogP contribution in [0, 0.1) is 5.82 Å². The van der Waals surface area contributed by atoms with Crippen LogP contribution in [0.3, 0.4) is 0 Å². The van der Waals surface area contributed by atoms with Crippen LogP contribution in [0.25, 0.3) is 0 Å². The Bertz CT molecular complexity index is 917. The lowest BCUT2D eigenvalue weighted by Crippen LogP contribution is -2.12. The molecule has 0 spiro atoms. The number of benzene rings is 2. The lowest BCUT2D eigenvalue weighted by atomic mass is 10.2. The van der Waals surface area contributed by atoms with Crippen LogP contribution in [0.4, 0.5) is 21.7 Å². The fraction of sp³-hybridized carbons (Fsp3) is 0. The van der Waals surface area contributed by atoms with Crippen LogP contribution >= 0.6 is 0 Å². The molecular weight excluding hydrogens is 325 g/mol. The van der Waals surface area contributed by atoms with E-state index < -0.39 is 5.91 Å². The standard InChI is InChI=1S/C17H14FN5O2/c18-11-3-5-12(6-4-11)21-17-14(15(19)25)16(22-23-17)20-9-10-1-7-13(24)8-2-10/h1-9,24H,(H2,19,25)(H2,21,22,23). The van der Waals surface area contributed by atoms with Crippen molar-refractivity contribution in [1.82, 2.24) is 10.2 Å². The van der Waals surface area contributed by atoms with Gasteiger partial charge in [-0.15, -0.1) is 0 Å². The zero-order valence-corrected chi connectivity index (χ0v) is 12.9. The summed E-state index contributed by atoms with van der Waals surface area (Å²) in [5.74, 6) is -0.567. The Morgan fingerprint density at radius 3 is 2.52 bits per heavy atom. The summed E-state index contributed by atoms with van der Waals surface area (Å²) in [6, 6.07) is 11.9. The highest BCUT2D eigenvalue weighted by atomic mass is 19.1. The molecule has 0 radical (unpaired) electrons. The summed E-state index contributed by atoms with van der Waals surface area (Å²) in [5, 5.41) is 18.8. The molecular formula is C17H14FN5O2. The van der Waals surface area contributed by atoms with Crippen LogP contribution in [0.1, 0.15) is 15.9 Å². The Hall–Kier alpha value is -3.68. The van der Waals surface area contributed by atoms with Gasteiger partial charge in [0.2, 0.25) is 0 Å². The Balaban J connectivity index is 1.87. The maximum atomic E-state index is 13.0. The minimum atomic E-state index is -0.712. The van der Waals surface area contributed by atoms with Crippen LogP contribution < -0.4 is 11.1 Å². The van der Waals surface area contributed by atoms with Gasteiger partial charge in [0.25, 0.3) is 5.91 Å². The molecule has 0 atom stereocenters. The minimum Gasteiger partial charge on any atom is -0.508 e. The third-order valence-corrected chi connectivity index (χ3v) is 3.34. The van der Waals surface area contributed by atoms with Gasteiger partial charge in [0.15, 0.2) is 11.6 Å². The smallest absolute Gasteiger partial charge is 0.256 e. The molecule has 126 valence electrons. The van der Waals surface area contributed by atoms with Crippen molar-refractivity contribution in [3.63, 3.8) is 0 Å². The topological polar surface area (TPSA) is 116 Å². The normalized spacial score (nSPS) is 10.9. The molecule has 0 aliphatic carbocycles. The molecule has 3 aromatic rings.